The van der Waals surface area contributed by atoms with E-state index in [9.17, 15) is 4.79 Å². The highest BCUT2D eigenvalue weighted by Crippen LogP contribution is 2.17. The Kier molecular flexibility index (Phi) is 5.15. The third-order valence-corrected chi connectivity index (χ3v) is 2.78. The maximum atomic E-state index is 11.4. The van der Waals surface area contributed by atoms with Gasteiger partial charge in [0.25, 0.3) is 0 Å². The number of hydrogen-bond acceptors (Lipinski definition) is 4. The van der Waals surface area contributed by atoms with Gasteiger partial charge in [-0.05, 0) is 12.8 Å². The van der Waals surface area contributed by atoms with Crippen LogP contribution in [-0.2, 0) is 35.3 Å². The van der Waals surface area contributed by atoms with Crippen molar-refractivity contribution in [1.82, 2.24) is 9.78 Å². The summed E-state index contributed by atoms with van der Waals surface area (Å²) in [5, 5.41) is 13.4. The molecule has 0 unspecified atom stereocenters. The van der Waals surface area contributed by atoms with Crippen LogP contribution in [0.3, 0.4) is 0 Å². The minimum Gasteiger partial charge on any atom is -0.469 e. The van der Waals surface area contributed by atoms with Crippen LogP contribution in [-0.4, -0.2) is 34.6 Å². The van der Waals surface area contributed by atoms with Crippen LogP contribution in [0.15, 0.2) is 0 Å². The van der Waals surface area contributed by atoms with Crippen LogP contribution < -0.4 is 0 Å². The van der Waals surface area contributed by atoms with Gasteiger partial charge in [0.05, 0.1) is 32.4 Å². The van der Waals surface area contributed by atoms with Crippen LogP contribution in [0.4, 0.5) is 0 Å². The van der Waals surface area contributed by atoms with Gasteiger partial charge in [-0.15, -0.1) is 0 Å². The molecule has 0 amide bonds. The van der Waals surface area contributed by atoms with E-state index in [-0.39, 0.29) is 19.0 Å². The van der Waals surface area contributed by atoms with E-state index in [1.807, 2.05) is 13.8 Å². The summed E-state index contributed by atoms with van der Waals surface area (Å²) in [6.45, 7) is 4.55. The summed E-state index contributed by atoms with van der Waals surface area (Å²) in [5.41, 5.74) is 2.89. The molecule has 17 heavy (non-hydrogen) atoms. The van der Waals surface area contributed by atoms with Crippen molar-refractivity contribution in [3.05, 3.63) is 17.0 Å². The molecule has 96 valence electrons. The quantitative estimate of drug-likeness (QED) is 0.744. The first-order valence-corrected chi connectivity index (χ1v) is 5.92. The van der Waals surface area contributed by atoms with Crippen molar-refractivity contribution in [3.8, 4) is 0 Å². The molecule has 1 rings (SSSR count). The fourth-order valence-corrected chi connectivity index (χ4v) is 1.97. The molecule has 5 heteroatoms. The number of ether oxygens (including phenoxy) is 1. The summed E-state index contributed by atoms with van der Waals surface area (Å²) < 4.78 is 6.49. The number of hydrogen-bond donors (Lipinski definition) is 1. The third-order valence-electron chi connectivity index (χ3n) is 2.78. The minimum atomic E-state index is -0.252. The first-order chi connectivity index (χ1) is 8.17. The Morgan fingerprint density at radius 1 is 1.41 bits per heavy atom. The summed E-state index contributed by atoms with van der Waals surface area (Å²) >= 11 is 0. The molecular formula is C12H20N2O3. The van der Waals surface area contributed by atoms with Gasteiger partial charge in [-0.1, -0.05) is 13.8 Å². The van der Waals surface area contributed by atoms with E-state index in [4.69, 9.17) is 9.84 Å². The average molecular weight is 240 g/mol. The molecule has 0 bridgehead atoms. The molecule has 0 aliphatic rings. The van der Waals surface area contributed by atoms with Gasteiger partial charge in [0.15, 0.2) is 0 Å². The average Bonchev–Trinajstić information content (AvgIpc) is 2.66. The lowest BCUT2D eigenvalue weighted by Gasteiger charge is -2.05. The van der Waals surface area contributed by atoms with E-state index in [1.165, 1.54) is 7.11 Å². The zero-order valence-electron chi connectivity index (χ0n) is 10.7. The highest BCUT2D eigenvalue weighted by Gasteiger charge is 2.18. The number of nitrogens with zero attached hydrogens (tertiary/aromatic N) is 2. The van der Waals surface area contributed by atoms with Crippen LogP contribution >= 0.6 is 0 Å². The number of aryl methyl sites for hydroxylation is 1. The molecule has 0 aliphatic heterocycles. The molecular weight excluding hydrogens is 220 g/mol. The van der Waals surface area contributed by atoms with Gasteiger partial charge < -0.3 is 9.84 Å². The van der Waals surface area contributed by atoms with E-state index in [0.717, 1.165) is 29.8 Å². The Balaban J connectivity index is 3.09. The van der Waals surface area contributed by atoms with Crippen LogP contribution in [0, 0.1) is 0 Å². The lowest BCUT2D eigenvalue weighted by Crippen LogP contribution is -2.10. The lowest BCUT2D eigenvalue weighted by atomic mass is 10.1. The van der Waals surface area contributed by atoms with E-state index >= 15 is 0 Å². The van der Waals surface area contributed by atoms with Crippen LogP contribution in [0.1, 0.15) is 30.8 Å². The predicted molar refractivity (Wildman–Crippen MR) is 63.8 cm³/mol. The first-order valence-electron chi connectivity index (χ1n) is 5.92. The molecule has 0 spiro atoms. The van der Waals surface area contributed by atoms with E-state index in [0.29, 0.717) is 6.54 Å². The van der Waals surface area contributed by atoms with E-state index < -0.39 is 0 Å². The van der Waals surface area contributed by atoms with Crippen molar-refractivity contribution in [2.24, 2.45) is 0 Å². The summed E-state index contributed by atoms with van der Waals surface area (Å²) in [5.74, 6) is -0.252. The SMILES string of the molecule is CCc1nn(CCO)c(CC)c1CC(=O)OC. The summed E-state index contributed by atoms with van der Waals surface area (Å²) in [6.07, 6.45) is 1.82. The van der Waals surface area contributed by atoms with Crippen LogP contribution in [0.2, 0.25) is 0 Å². The number of carbonyl (C=O) groups excluding carboxylic acids is 1. The Morgan fingerprint density at radius 2 is 2.12 bits per heavy atom. The second-order valence-corrected chi connectivity index (χ2v) is 3.78. The second-order valence-electron chi connectivity index (χ2n) is 3.78. The largest absolute Gasteiger partial charge is 0.469 e. The van der Waals surface area contributed by atoms with Crippen LogP contribution in [0.5, 0.6) is 0 Å². The predicted octanol–water partition coefficient (Wildman–Crippen LogP) is 0.716. The van der Waals surface area contributed by atoms with Gasteiger partial charge in [-0.25, -0.2) is 0 Å². The molecule has 1 N–H and O–H groups in total. The van der Waals surface area contributed by atoms with Crippen molar-refractivity contribution in [1.29, 1.82) is 0 Å². The zero-order valence-corrected chi connectivity index (χ0v) is 10.7. The van der Waals surface area contributed by atoms with E-state index in [1.54, 1.807) is 4.68 Å². The smallest absolute Gasteiger partial charge is 0.310 e. The van der Waals surface area contributed by atoms with Gasteiger partial charge in [-0.3, -0.25) is 9.48 Å². The number of aliphatic hydroxyl groups is 1. The molecule has 1 aromatic heterocycles. The molecule has 0 radical (unpaired) electrons. The number of methoxy groups -OCH3 is 1. The second kappa shape index (κ2) is 6.39. The number of carbonyl (C=O) groups is 1. The fraction of sp³-hybridized carbons (Fsp3) is 0.667. The van der Waals surface area contributed by atoms with Gasteiger partial charge >= 0.3 is 5.97 Å². The van der Waals surface area contributed by atoms with Gasteiger partial charge in [-0.2, -0.15) is 5.10 Å². The highest BCUT2D eigenvalue weighted by atomic mass is 16.5. The maximum Gasteiger partial charge on any atom is 0.310 e. The van der Waals surface area contributed by atoms with Gasteiger partial charge in [0.2, 0.25) is 0 Å². The van der Waals surface area contributed by atoms with Crippen molar-refractivity contribution >= 4 is 5.97 Å². The molecule has 0 fully saturated rings. The Hall–Kier alpha value is -1.36. The molecule has 0 saturated carbocycles. The Labute approximate surface area is 101 Å². The van der Waals surface area contributed by atoms with Gasteiger partial charge in [0.1, 0.15) is 0 Å². The third kappa shape index (κ3) is 3.06. The maximum absolute atomic E-state index is 11.4. The Bertz CT molecular complexity index is 385. The number of aromatic nitrogens is 2. The first kappa shape index (κ1) is 13.7. The minimum absolute atomic E-state index is 0.0511. The van der Waals surface area contributed by atoms with Gasteiger partial charge in [0, 0.05) is 11.3 Å². The van der Waals surface area contributed by atoms with E-state index in [2.05, 4.69) is 5.10 Å². The topological polar surface area (TPSA) is 64.3 Å². The molecule has 1 heterocycles. The Morgan fingerprint density at radius 3 is 2.59 bits per heavy atom. The monoisotopic (exact) mass is 240 g/mol. The number of esters is 1. The molecule has 0 atom stereocenters. The molecule has 5 nitrogen and oxygen atoms in total. The molecule has 0 aliphatic carbocycles. The standard InChI is InChI=1S/C12H20N2O3/c1-4-10-9(8-12(16)17-3)11(5-2)14(13-10)6-7-15/h15H,4-8H2,1-3H3. The number of aliphatic hydroxyl groups excluding tert-OH is 1. The number of rotatable bonds is 6. The normalized spacial score (nSPS) is 10.6. The summed E-state index contributed by atoms with van der Waals surface area (Å²) in [4.78, 5) is 11.4. The van der Waals surface area contributed by atoms with Crippen LogP contribution in [0.25, 0.3) is 0 Å². The zero-order chi connectivity index (χ0) is 12.8. The fourth-order valence-electron chi connectivity index (χ4n) is 1.97. The van der Waals surface area contributed by atoms with Crippen molar-refractivity contribution < 1.29 is 14.6 Å². The molecule has 0 saturated heterocycles. The lowest BCUT2D eigenvalue weighted by molar-refractivity contribution is -0.139. The summed E-state index contributed by atoms with van der Waals surface area (Å²) in [6, 6.07) is 0. The van der Waals surface area contributed by atoms with Crippen molar-refractivity contribution in [2.75, 3.05) is 13.7 Å². The summed E-state index contributed by atoms with van der Waals surface area (Å²) in [7, 11) is 1.39. The van der Waals surface area contributed by atoms with Crippen molar-refractivity contribution in [2.45, 2.75) is 39.7 Å². The molecule has 1 aromatic rings. The highest BCUT2D eigenvalue weighted by molar-refractivity contribution is 5.73. The molecule has 0 aromatic carbocycles. The van der Waals surface area contributed by atoms with Crippen molar-refractivity contribution in [3.63, 3.8) is 0 Å².